The number of nitrogens with one attached hydrogen (secondary N) is 1. The van der Waals surface area contributed by atoms with Gasteiger partial charge >= 0.3 is 0 Å². The molecule has 2 aromatic carbocycles. The van der Waals surface area contributed by atoms with Crippen LogP contribution < -0.4 is 20.5 Å². The third-order valence-corrected chi connectivity index (χ3v) is 6.88. The van der Waals surface area contributed by atoms with E-state index in [1.54, 1.807) is 64.5 Å². The molecule has 0 bridgehead atoms. The Morgan fingerprint density at radius 3 is 2.21 bits per heavy atom. The number of carbonyl (C=O) groups excluding carboxylic acids is 2. The lowest BCUT2D eigenvalue weighted by atomic mass is 9.94. The maximum atomic E-state index is 14.4. The van der Waals surface area contributed by atoms with Gasteiger partial charge in [0.1, 0.15) is 23.1 Å². The fourth-order valence-corrected chi connectivity index (χ4v) is 4.36. The van der Waals surface area contributed by atoms with Crippen molar-refractivity contribution in [3.05, 3.63) is 92.4 Å². The van der Waals surface area contributed by atoms with Crippen molar-refractivity contribution >= 4 is 29.6 Å². The van der Waals surface area contributed by atoms with E-state index in [1.165, 1.54) is 29.4 Å². The molecule has 228 valence electrons. The van der Waals surface area contributed by atoms with Crippen LogP contribution in [0.4, 0.5) is 14.5 Å². The van der Waals surface area contributed by atoms with Gasteiger partial charge in [0.05, 0.1) is 7.11 Å². The largest absolute Gasteiger partial charge is 0.497 e. The zero-order chi connectivity index (χ0) is 31.2. The highest BCUT2D eigenvalue weighted by Crippen LogP contribution is 2.30. The van der Waals surface area contributed by atoms with Gasteiger partial charge in [-0.25, -0.2) is 8.78 Å². The minimum absolute atomic E-state index is 0.0136. The van der Waals surface area contributed by atoms with Crippen molar-refractivity contribution in [2.75, 3.05) is 38.8 Å². The number of amides is 2. The number of aromatic nitrogens is 1. The summed E-state index contributed by atoms with van der Waals surface area (Å²) in [5.74, 6) is -2.11. The highest BCUT2D eigenvalue weighted by molar-refractivity contribution is 6.30. The minimum atomic E-state index is -0.739. The summed E-state index contributed by atoms with van der Waals surface area (Å²) < 4.78 is 40.0. The van der Waals surface area contributed by atoms with E-state index >= 15 is 0 Å². The van der Waals surface area contributed by atoms with Gasteiger partial charge in [-0.15, -0.1) is 0 Å². The summed E-state index contributed by atoms with van der Waals surface area (Å²) in [7, 11) is 4.50. The van der Waals surface area contributed by atoms with Crippen LogP contribution in [0.3, 0.4) is 0 Å². The van der Waals surface area contributed by atoms with Gasteiger partial charge in [0.25, 0.3) is 11.5 Å². The second-order valence-electron chi connectivity index (χ2n) is 9.54. The molecule has 1 atom stereocenters. The van der Waals surface area contributed by atoms with Gasteiger partial charge < -0.3 is 24.3 Å². The predicted octanol–water partition coefficient (Wildman–Crippen LogP) is 5.63. The van der Waals surface area contributed by atoms with Crippen LogP contribution in [0.2, 0.25) is 5.02 Å². The molecule has 3 aromatic rings. The van der Waals surface area contributed by atoms with Crippen molar-refractivity contribution < 1.29 is 27.8 Å². The number of methoxy groups -OCH3 is 1. The van der Waals surface area contributed by atoms with Crippen molar-refractivity contribution in [2.24, 2.45) is 7.05 Å². The first-order valence-corrected chi connectivity index (χ1v) is 13.9. The zero-order valence-electron chi connectivity index (χ0n) is 24.6. The van der Waals surface area contributed by atoms with Crippen molar-refractivity contribution in [2.45, 2.75) is 39.0 Å². The number of hydrogen-bond acceptors (Lipinski definition) is 5. The first-order chi connectivity index (χ1) is 20.1. The topological polar surface area (TPSA) is 89.9 Å². The van der Waals surface area contributed by atoms with E-state index in [9.17, 15) is 23.2 Å². The normalized spacial score (nSPS) is 12.7. The molecule has 0 aliphatic carbocycles. The molecule has 11 heteroatoms. The molecule has 1 N–H and O–H groups in total. The highest BCUT2D eigenvalue weighted by atomic mass is 35.5. The molecule has 2 amide bonds. The molecule has 1 aromatic heterocycles. The first-order valence-electron chi connectivity index (χ1n) is 13.5. The Morgan fingerprint density at radius 2 is 1.76 bits per heavy atom. The number of benzene rings is 2. The van der Waals surface area contributed by atoms with Crippen LogP contribution in [-0.4, -0.2) is 50.8 Å². The molecule has 0 radical (unpaired) electrons. The Kier molecular flexibility index (Phi) is 14.1. The number of aryl methyl sites for hydroxylation is 2. The molecule has 42 heavy (non-hydrogen) atoms. The smallest absolute Gasteiger partial charge is 0.274 e. The summed E-state index contributed by atoms with van der Waals surface area (Å²) in [6, 6.07) is 10.7. The number of ether oxygens (including phenoxy) is 2. The van der Waals surface area contributed by atoms with E-state index in [2.05, 4.69) is 5.32 Å². The van der Waals surface area contributed by atoms with Gasteiger partial charge in [-0.2, -0.15) is 0 Å². The fourth-order valence-electron chi connectivity index (χ4n) is 4.23. The van der Waals surface area contributed by atoms with Crippen molar-refractivity contribution in [3.63, 3.8) is 0 Å². The van der Waals surface area contributed by atoms with Crippen LogP contribution in [0, 0.1) is 18.6 Å². The predicted molar refractivity (Wildman–Crippen MR) is 161 cm³/mol. The minimum Gasteiger partial charge on any atom is -0.497 e. The molecule has 4 rings (SSSR count). The number of pyridine rings is 1. The molecular weight excluding hydrogens is 568 g/mol. The summed E-state index contributed by atoms with van der Waals surface area (Å²) in [6.45, 7) is 5.47. The molecule has 1 saturated heterocycles. The number of nitrogens with zero attached hydrogens (tertiary/aromatic N) is 2. The van der Waals surface area contributed by atoms with Crippen molar-refractivity contribution in [1.82, 2.24) is 9.88 Å². The molecule has 0 saturated carbocycles. The Hall–Kier alpha value is -3.76. The van der Waals surface area contributed by atoms with Gasteiger partial charge in [0.2, 0.25) is 6.41 Å². The molecule has 1 aliphatic heterocycles. The SMILES string of the molecule is C1CCOC1.CCC(CN(C=O)c1c(C)ccn(C)c1=O)c1c(F)cc(OC)cc1F.CNC(=O)c1ccc(Cl)cc1. The fraction of sp³-hybridized carbons (Fsp3) is 0.387. The number of carbonyl (C=O) groups is 2. The molecule has 1 unspecified atom stereocenters. The van der Waals surface area contributed by atoms with Crippen LogP contribution in [0.5, 0.6) is 5.75 Å². The monoisotopic (exact) mass is 605 g/mol. The van der Waals surface area contributed by atoms with Crippen LogP contribution in [0.25, 0.3) is 0 Å². The first kappa shape index (κ1) is 34.4. The van der Waals surface area contributed by atoms with Crippen LogP contribution in [0.15, 0.2) is 53.5 Å². The third-order valence-electron chi connectivity index (χ3n) is 6.63. The molecule has 2 heterocycles. The highest BCUT2D eigenvalue weighted by Gasteiger charge is 2.25. The Morgan fingerprint density at radius 1 is 1.17 bits per heavy atom. The van der Waals surface area contributed by atoms with E-state index in [4.69, 9.17) is 21.1 Å². The van der Waals surface area contributed by atoms with E-state index in [1.807, 2.05) is 0 Å². The van der Waals surface area contributed by atoms with Crippen molar-refractivity contribution in [1.29, 1.82) is 0 Å². The number of halogens is 3. The average Bonchev–Trinajstić information content (AvgIpc) is 3.58. The lowest BCUT2D eigenvalue weighted by Gasteiger charge is -2.25. The molecule has 1 aliphatic rings. The molecule has 0 spiro atoms. The second-order valence-corrected chi connectivity index (χ2v) is 9.97. The van der Waals surface area contributed by atoms with Crippen molar-refractivity contribution in [3.8, 4) is 5.75 Å². The number of hydrogen-bond donors (Lipinski definition) is 1. The van der Waals surface area contributed by atoms with Gasteiger partial charge in [-0.05, 0) is 62.1 Å². The summed E-state index contributed by atoms with van der Waals surface area (Å²) in [4.78, 5) is 36.2. The average molecular weight is 606 g/mol. The van der Waals surface area contributed by atoms with Gasteiger partial charge in [-0.3, -0.25) is 14.4 Å². The number of anilines is 1. The van der Waals surface area contributed by atoms with E-state index in [0.717, 1.165) is 25.3 Å². The van der Waals surface area contributed by atoms with Gasteiger partial charge in [0.15, 0.2) is 0 Å². The van der Waals surface area contributed by atoms with Crippen LogP contribution in [-0.2, 0) is 16.6 Å². The van der Waals surface area contributed by atoms with Crippen LogP contribution >= 0.6 is 11.6 Å². The summed E-state index contributed by atoms with van der Waals surface area (Å²) in [5.41, 5.74) is 0.980. The Labute approximate surface area is 250 Å². The van der Waals surface area contributed by atoms with E-state index < -0.39 is 17.6 Å². The number of rotatable bonds is 8. The van der Waals surface area contributed by atoms with E-state index in [0.29, 0.717) is 29.0 Å². The molecule has 8 nitrogen and oxygen atoms in total. The Bertz CT molecular complexity index is 1350. The van der Waals surface area contributed by atoms with Crippen LogP contribution in [0.1, 0.15) is 53.6 Å². The second kappa shape index (κ2) is 17.3. The quantitative estimate of drug-likeness (QED) is 0.336. The lowest BCUT2D eigenvalue weighted by molar-refractivity contribution is -0.107. The summed E-state index contributed by atoms with van der Waals surface area (Å²) >= 11 is 5.63. The zero-order valence-corrected chi connectivity index (χ0v) is 25.3. The standard InChI is InChI=1S/C19H22F2N2O3.C8H8ClNO.C4H8O/c1-5-13(17-15(20)8-14(26-4)9-16(17)21)10-23(11-24)18-12(2)6-7-22(3)19(18)25;1-10-8(11)6-2-4-7(9)5-3-6;1-2-4-5-3-1/h6-9,11,13H,5,10H2,1-4H3;2-5H,1H3,(H,10,11);1-4H2. The third kappa shape index (κ3) is 9.66. The summed E-state index contributed by atoms with van der Waals surface area (Å²) in [6.07, 6.45) is 5.06. The molecular formula is C31H38ClF2N3O5. The molecule has 1 fully saturated rings. The van der Waals surface area contributed by atoms with E-state index in [-0.39, 0.29) is 35.0 Å². The maximum Gasteiger partial charge on any atom is 0.274 e. The summed E-state index contributed by atoms with van der Waals surface area (Å²) in [5, 5.41) is 3.16. The van der Waals surface area contributed by atoms with Gasteiger partial charge in [-0.1, -0.05) is 18.5 Å². The lowest BCUT2D eigenvalue weighted by Crippen LogP contribution is -2.34. The van der Waals surface area contributed by atoms with Gasteiger partial charge in [0, 0.05) is 74.3 Å². The Balaban J connectivity index is 0.000000312. The maximum absolute atomic E-state index is 14.4.